The summed E-state index contributed by atoms with van der Waals surface area (Å²) in [4.78, 5) is 0.424. The zero-order chi connectivity index (χ0) is 14.1. The van der Waals surface area contributed by atoms with Gasteiger partial charge in [-0.05, 0) is 19.3 Å². The van der Waals surface area contributed by atoms with Crippen molar-refractivity contribution < 1.29 is 0 Å². The summed E-state index contributed by atoms with van der Waals surface area (Å²) in [6, 6.07) is 4.57. The van der Waals surface area contributed by atoms with Gasteiger partial charge in [0, 0.05) is 5.41 Å². The van der Waals surface area contributed by atoms with Crippen molar-refractivity contribution in [3.8, 4) is 12.1 Å². The molecule has 0 radical (unpaired) electrons. The minimum absolute atomic E-state index is 0.310. The van der Waals surface area contributed by atoms with Crippen molar-refractivity contribution in [2.24, 2.45) is 16.6 Å². The third-order valence-electron chi connectivity index (χ3n) is 4.41. The molecule has 3 N–H and O–H groups in total. The third kappa shape index (κ3) is 1.59. The number of nitrogens with zero attached hydrogens (tertiary/aromatic N) is 2. The topological polar surface area (TPSA) is 85.6 Å². The van der Waals surface area contributed by atoms with Gasteiger partial charge < -0.3 is 11.1 Å². The first kappa shape index (κ1) is 13.6. The number of hydrogen-bond acceptors (Lipinski definition) is 4. The Bertz CT molecular complexity index is 543. The molecule has 2 rings (SSSR count). The third-order valence-corrected chi connectivity index (χ3v) is 4.86. The first-order chi connectivity index (χ1) is 9.08. The van der Waals surface area contributed by atoms with Crippen LogP contribution in [0.2, 0.25) is 0 Å². The van der Waals surface area contributed by atoms with E-state index in [9.17, 15) is 10.5 Å². The van der Waals surface area contributed by atoms with Gasteiger partial charge in [-0.25, -0.2) is 0 Å². The Morgan fingerprint density at radius 2 is 2.05 bits per heavy atom. The molecule has 0 bridgehead atoms. The first-order valence-corrected chi connectivity index (χ1v) is 6.73. The number of hydrogen-bond donors (Lipinski definition) is 2. The molecule has 19 heavy (non-hydrogen) atoms. The summed E-state index contributed by atoms with van der Waals surface area (Å²) in [5, 5.41) is 22.1. The van der Waals surface area contributed by atoms with E-state index in [0.717, 1.165) is 25.7 Å². The van der Waals surface area contributed by atoms with Crippen LogP contribution in [0.3, 0.4) is 0 Å². The van der Waals surface area contributed by atoms with E-state index in [0.29, 0.717) is 22.8 Å². The van der Waals surface area contributed by atoms with Gasteiger partial charge >= 0.3 is 0 Å². The molecule has 1 aliphatic heterocycles. The number of nitriles is 2. The number of nitrogens with one attached hydrogen (secondary N) is 1. The zero-order valence-electron chi connectivity index (χ0n) is 10.7. The van der Waals surface area contributed by atoms with E-state index in [-0.39, 0.29) is 0 Å². The fourth-order valence-electron chi connectivity index (χ4n) is 3.51. The minimum atomic E-state index is -0.894. The highest BCUT2D eigenvalue weighted by Crippen LogP contribution is 2.59. The van der Waals surface area contributed by atoms with Crippen molar-refractivity contribution >= 4 is 17.2 Å². The van der Waals surface area contributed by atoms with E-state index in [2.05, 4.69) is 24.0 Å². The van der Waals surface area contributed by atoms with Crippen LogP contribution in [0.25, 0.3) is 0 Å². The van der Waals surface area contributed by atoms with Crippen LogP contribution in [-0.4, -0.2) is 4.99 Å². The van der Waals surface area contributed by atoms with Crippen LogP contribution in [0.15, 0.2) is 24.0 Å². The molecular weight excluding hydrogens is 256 g/mol. The Morgan fingerprint density at radius 1 is 1.42 bits per heavy atom. The normalized spacial score (nSPS) is 28.6. The molecule has 1 heterocycles. The lowest BCUT2D eigenvalue weighted by Gasteiger charge is -2.47. The monoisotopic (exact) mass is 272 g/mol. The Kier molecular flexibility index (Phi) is 3.34. The van der Waals surface area contributed by atoms with Crippen molar-refractivity contribution in [2.75, 3.05) is 0 Å². The van der Waals surface area contributed by atoms with E-state index < -0.39 is 10.8 Å². The molecule has 5 heteroatoms. The van der Waals surface area contributed by atoms with Crippen LogP contribution < -0.4 is 11.1 Å². The predicted octanol–water partition coefficient (Wildman–Crippen LogP) is 2.26. The maximum atomic E-state index is 9.77. The van der Waals surface area contributed by atoms with Gasteiger partial charge in [0.05, 0.1) is 17.7 Å². The Balaban J connectivity index is 2.72. The smallest absolute Gasteiger partial charge is 0.121 e. The quantitative estimate of drug-likeness (QED) is 0.595. The Labute approximate surface area is 118 Å². The molecule has 98 valence electrons. The molecule has 0 aromatic rings. The van der Waals surface area contributed by atoms with Gasteiger partial charge in [-0.3, -0.25) is 0 Å². The zero-order valence-corrected chi connectivity index (χ0v) is 11.5. The molecule has 0 aromatic heterocycles. The highest BCUT2D eigenvalue weighted by molar-refractivity contribution is 7.80. The number of nitrogens with two attached hydrogens (primary N) is 1. The predicted molar refractivity (Wildman–Crippen MR) is 76.3 cm³/mol. The fourth-order valence-corrected chi connectivity index (χ4v) is 3.94. The summed E-state index contributed by atoms with van der Waals surface area (Å²) in [6.07, 6.45) is 5.67. The average Bonchev–Trinajstić information content (AvgIpc) is 2.85. The summed E-state index contributed by atoms with van der Waals surface area (Å²) in [6.45, 7) is 3.74. The largest absolute Gasteiger partial charge is 0.384 e. The van der Waals surface area contributed by atoms with Gasteiger partial charge in [0.25, 0.3) is 0 Å². The van der Waals surface area contributed by atoms with Crippen LogP contribution in [0.4, 0.5) is 0 Å². The van der Waals surface area contributed by atoms with E-state index in [4.69, 9.17) is 18.0 Å². The summed E-state index contributed by atoms with van der Waals surface area (Å²) in [5.41, 5.74) is 4.98. The van der Waals surface area contributed by atoms with Gasteiger partial charge in [-0.2, -0.15) is 10.5 Å². The second-order valence-corrected chi connectivity index (χ2v) is 5.56. The average molecular weight is 272 g/mol. The van der Waals surface area contributed by atoms with Crippen LogP contribution in [-0.2, 0) is 0 Å². The molecule has 0 aromatic carbocycles. The van der Waals surface area contributed by atoms with Crippen LogP contribution >= 0.6 is 12.2 Å². The lowest BCUT2D eigenvalue weighted by atomic mass is 9.56. The molecule has 1 saturated carbocycles. The van der Waals surface area contributed by atoms with Crippen molar-refractivity contribution in [1.29, 1.82) is 10.5 Å². The van der Waals surface area contributed by atoms with Crippen LogP contribution in [0, 0.1) is 33.5 Å². The number of rotatable bonds is 2. The summed E-state index contributed by atoms with van der Waals surface area (Å²) >= 11 is 5.39. The highest BCUT2D eigenvalue weighted by atomic mass is 32.1. The lowest BCUT2D eigenvalue weighted by molar-refractivity contribution is 0.208. The second kappa shape index (κ2) is 4.68. The molecule has 1 atom stereocenters. The highest BCUT2D eigenvalue weighted by Gasteiger charge is 2.60. The molecule has 0 amide bonds. The summed E-state index contributed by atoms with van der Waals surface area (Å²) < 4.78 is 0. The molecule has 2 aliphatic rings. The number of allylic oxidation sites excluding steroid dienone is 2. The van der Waals surface area contributed by atoms with Gasteiger partial charge in [-0.15, -0.1) is 6.58 Å². The maximum absolute atomic E-state index is 9.77. The van der Waals surface area contributed by atoms with E-state index >= 15 is 0 Å². The maximum Gasteiger partial charge on any atom is 0.121 e. The lowest BCUT2D eigenvalue weighted by Crippen LogP contribution is -2.56. The van der Waals surface area contributed by atoms with Crippen molar-refractivity contribution in [1.82, 2.24) is 5.32 Å². The van der Waals surface area contributed by atoms with Crippen LogP contribution in [0.1, 0.15) is 32.1 Å². The second-order valence-electron chi connectivity index (χ2n) is 5.15. The van der Waals surface area contributed by atoms with Gasteiger partial charge in [0.2, 0.25) is 0 Å². The molecular formula is C14H16N4S. The summed E-state index contributed by atoms with van der Waals surface area (Å²) in [7, 11) is 0. The van der Waals surface area contributed by atoms with Gasteiger partial charge in [-0.1, -0.05) is 31.1 Å². The SMILES string of the molecule is C=CCC1(C#N)C(=S)NC(N)=C(C#N)C12CCCC2. The number of thiocarbonyl (C=S) groups is 1. The molecule has 1 unspecified atom stereocenters. The summed E-state index contributed by atoms with van der Waals surface area (Å²) in [5.74, 6) is 0.310. The minimum Gasteiger partial charge on any atom is -0.384 e. The van der Waals surface area contributed by atoms with Gasteiger partial charge in [0.1, 0.15) is 16.2 Å². The molecule has 1 aliphatic carbocycles. The molecule has 4 nitrogen and oxygen atoms in total. The van der Waals surface area contributed by atoms with Crippen molar-refractivity contribution in [3.63, 3.8) is 0 Å². The Morgan fingerprint density at radius 3 is 2.53 bits per heavy atom. The van der Waals surface area contributed by atoms with E-state index in [1.54, 1.807) is 6.08 Å². The van der Waals surface area contributed by atoms with Gasteiger partial charge in [0.15, 0.2) is 0 Å². The first-order valence-electron chi connectivity index (χ1n) is 6.32. The van der Waals surface area contributed by atoms with E-state index in [1.807, 2.05) is 0 Å². The van der Waals surface area contributed by atoms with Crippen LogP contribution in [0.5, 0.6) is 0 Å². The fraction of sp³-hybridized carbons (Fsp3) is 0.500. The molecule has 1 fully saturated rings. The molecule has 0 saturated heterocycles. The van der Waals surface area contributed by atoms with E-state index in [1.165, 1.54) is 0 Å². The Hall–Kier alpha value is -1.85. The van der Waals surface area contributed by atoms with Crippen molar-refractivity contribution in [3.05, 3.63) is 24.0 Å². The standard InChI is InChI=1S/C14H16N4S/c1-2-5-14(9-16)12(19)18-11(17)10(8-15)13(14)6-3-4-7-13/h2H,1,3-7,17H2,(H,18,19). The van der Waals surface area contributed by atoms with Crippen molar-refractivity contribution in [2.45, 2.75) is 32.1 Å². The molecule has 1 spiro atoms.